The number of phenols is 1. The van der Waals surface area contributed by atoms with Gasteiger partial charge in [0.15, 0.2) is 5.75 Å². The summed E-state index contributed by atoms with van der Waals surface area (Å²) < 4.78 is 0. The number of phenolic OH excluding ortho intramolecular Hbond substituents is 1. The first kappa shape index (κ1) is 10.5. The van der Waals surface area contributed by atoms with Crippen molar-refractivity contribution in [1.82, 2.24) is 0 Å². The highest BCUT2D eigenvalue weighted by atomic mass is 16.6. The molecule has 88 valence electrons. The molecule has 0 spiro atoms. The largest absolute Gasteiger partial charge is 0.502 e. The van der Waals surface area contributed by atoms with Gasteiger partial charge in [-0.05, 0) is 27.6 Å². The fraction of sp³-hybridized carbons (Fsp3) is 0. The molecule has 1 N–H and O–H groups in total. The van der Waals surface area contributed by atoms with Gasteiger partial charge in [-0.1, -0.05) is 36.4 Å². The fourth-order valence-corrected chi connectivity index (χ4v) is 2.18. The average molecular weight is 239 g/mol. The molecule has 0 radical (unpaired) electrons. The second-order valence-corrected chi connectivity index (χ2v) is 4.11. The Morgan fingerprint density at radius 1 is 0.944 bits per heavy atom. The van der Waals surface area contributed by atoms with E-state index in [9.17, 15) is 15.2 Å². The van der Waals surface area contributed by atoms with Crippen LogP contribution < -0.4 is 0 Å². The van der Waals surface area contributed by atoms with E-state index in [0.717, 1.165) is 21.5 Å². The summed E-state index contributed by atoms with van der Waals surface area (Å²) in [6, 6.07) is 14.3. The van der Waals surface area contributed by atoms with Crippen LogP contribution in [0.25, 0.3) is 21.5 Å². The van der Waals surface area contributed by atoms with E-state index in [1.54, 1.807) is 0 Å². The molecule has 4 nitrogen and oxygen atoms in total. The molecule has 0 fully saturated rings. The first-order chi connectivity index (χ1) is 8.66. The standard InChI is InChI=1S/C14H9NO3/c16-14-8-12-10(7-13(14)15(17)18)6-5-9-3-1-2-4-11(9)12/h1-8,16H. The summed E-state index contributed by atoms with van der Waals surface area (Å²) >= 11 is 0. The van der Waals surface area contributed by atoms with Gasteiger partial charge in [0.2, 0.25) is 0 Å². The molecular weight excluding hydrogens is 230 g/mol. The molecule has 3 rings (SSSR count). The third kappa shape index (κ3) is 1.47. The van der Waals surface area contributed by atoms with E-state index in [1.807, 2.05) is 36.4 Å². The predicted octanol–water partition coefficient (Wildman–Crippen LogP) is 3.61. The lowest BCUT2D eigenvalue weighted by Gasteiger charge is -2.04. The summed E-state index contributed by atoms with van der Waals surface area (Å²) in [7, 11) is 0. The third-order valence-corrected chi connectivity index (χ3v) is 3.04. The maximum Gasteiger partial charge on any atom is 0.311 e. The lowest BCUT2D eigenvalue weighted by molar-refractivity contribution is -0.385. The van der Waals surface area contributed by atoms with Crippen molar-refractivity contribution in [3.63, 3.8) is 0 Å². The summed E-state index contributed by atoms with van der Waals surface area (Å²) in [5.74, 6) is -0.302. The van der Waals surface area contributed by atoms with Crippen LogP contribution in [0, 0.1) is 10.1 Å². The van der Waals surface area contributed by atoms with Gasteiger partial charge in [-0.15, -0.1) is 0 Å². The number of nitro groups is 1. The van der Waals surface area contributed by atoms with Crippen molar-refractivity contribution in [1.29, 1.82) is 0 Å². The van der Waals surface area contributed by atoms with Gasteiger partial charge in [-0.25, -0.2) is 0 Å². The first-order valence-electron chi connectivity index (χ1n) is 5.46. The van der Waals surface area contributed by atoms with E-state index in [4.69, 9.17) is 0 Å². The Morgan fingerprint density at radius 3 is 2.44 bits per heavy atom. The number of rotatable bonds is 1. The maximum atomic E-state index is 10.8. The van der Waals surface area contributed by atoms with Crippen LogP contribution in [-0.2, 0) is 0 Å². The molecule has 0 aliphatic carbocycles. The maximum absolute atomic E-state index is 10.8. The summed E-state index contributed by atoms with van der Waals surface area (Å²) in [6.45, 7) is 0. The van der Waals surface area contributed by atoms with Crippen molar-refractivity contribution in [2.24, 2.45) is 0 Å². The van der Waals surface area contributed by atoms with E-state index in [0.29, 0.717) is 0 Å². The molecule has 4 heteroatoms. The Morgan fingerprint density at radius 2 is 1.67 bits per heavy atom. The highest BCUT2D eigenvalue weighted by Gasteiger charge is 2.14. The zero-order valence-electron chi connectivity index (χ0n) is 9.33. The molecule has 0 aromatic heterocycles. The number of hydrogen-bond donors (Lipinski definition) is 1. The van der Waals surface area contributed by atoms with Crippen molar-refractivity contribution < 1.29 is 10.0 Å². The van der Waals surface area contributed by atoms with Crippen LogP contribution in [0.1, 0.15) is 0 Å². The number of fused-ring (bicyclic) bond motifs is 3. The molecule has 0 unspecified atom stereocenters. The van der Waals surface area contributed by atoms with E-state index in [1.165, 1.54) is 12.1 Å². The molecule has 3 aromatic rings. The predicted molar refractivity (Wildman–Crippen MR) is 69.8 cm³/mol. The first-order valence-corrected chi connectivity index (χ1v) is 5.46. The van der Waals surface area contributed by atoms with E-state index < -0.39 is 4.92 Å². The zero-order chi connectivity index (χ0) is 12.7. The molecule has 3 aromatic carbocycles. The fourth-order valence-electron chi connectivity index (χ4n) is 2.18. The van der Waals surface area contributed by atoms with Crippen LogP contribution in [0.4, 0.5) is 5.69 Å². The lowest BCUT2D eigenvalue weighted by Crippen LogP contribution is -1.89. The smallest absolute Gasteiger partial charge is 0.311 e. The van der Waals surface area contributed by atoms with Gasteiger partial charge < -0.3 is 5.11 Å². The molecule has 18 heavy (non-hydrogen) atoms. The Bertz CT molecular complexity index is 780. The lowest BCUT2D eigenvalue weighted by atomic mass is 10.0. The topological polar surface area (TPSA) is 63.4 Å². The zero-order valence-corrected chi connectivity index (χ0v) is 9.33. The Labute approximate surface area is 102 Å². The van der Waals surface area contributed by atoms with Gasteiger partial charge in [0.1, 0.15) is 0 Å². The number of aromatic hydroxyl groups is 1. The molecule has 0 bridgehead atoms. The summed E-state index contributed by atoms with van der Waals surface area (Å²) in [4.78, 5) is 10.2. The summed E-state index contributed by atoms with van der Waals surface area (Å²) in [5.41, 5.74) is -0.266. The molecule has 0 amide bonds. The number of nitrogens with zero attached hydrogens (tertiary/aromatic N) is 1. The van der Waals surface area contributed by atoms with Crippen LogP contribution in [0.3, 0.4) is 0 Å². The van der Waals surface area contributed by atoms with Crippen molar-refractivity contribution in [2.45, 2.75) is 0 Å². The van der Waals surface area contributed by atoms with Crippen molar-refractivity contribution in [3.8, 4) is 5.75 Å². The normalized spacial score (nSPS) is 10.9. The minimum atomic E-state index is -0.579. The van der Waals surface area contributed by atoms with Crippen LogP contribution >= 0.6 is 0 Å². The SMILES string of the molecule is O=[N+]([O-])c1cc2ccc3ccccc3c2cc1O. The highest BCUT2D eigenvalue weighted by Crippen LogP contribution is 2.34. The average Bonchev–Trinajstić information content (AvgIpc) is 2.37. The van der Waals surface area contributed by atoms with E-state index in [-0.39, 0.29) is 11.4 Å². The highest BCUT2D eigenvalue weighted by molar-refractivity contribution is 6.08. The van der Waals surface area contributed by atoms with Gasteiger partial charge >= 0.3 is 5.69 Å². The number of nitro benzene ring substituents is 1. The summed E-state index contributed by atoms with van der Waals surface area (Å²) in [6.07, 6.45) is 0. The number of hydrogen-bond acceptors (Lipinski definition) is 3. The second kappa shape index (κ2) is 3.70. The Balaban J connectivity index is 2.46. The summed E-state index contributed by atoms with van der Waals surface area (Å²) in [5, 5.41) is 24.0. The van der Waals surface area contributed by atoms with Crippen molar-refractivity contribution in [2.75, 3.05) is 0 Å². The van der Waals surface area contributed by atoms with Gasteiger partial charge in [-0.3, -0.25) is 10.1 Å². The van der Waals surface area contributed by atoms with E-state index in [2.05, 4.69) is 0 Å². The van der Waals surface area contributed by atoms with Gasteiger partial charge in [-0.2, -0.15) is 0 Å². The molecule has 0 aliphatic rings. The van der Waals surface area contributed by atoms with Gasteiger partial charge in [0.25, 0.3) is 0 Å². The van der Waals surface area contributed by atoms with Crippen molar-refractivity contribution in [3.05, 3.63) is 58.6 Å². The third-order valence-electron chi connectivity index (χ3n) is 3.04. The van der Waals surface area contributed by atoms with Gasteiger partial charge in [0.05, 0.1) is 4.92 Å². The van der Waals surface area contributed by atoms with Crippen molar-refractivity contribution >= 4 is 27.2 Å². The molecule has 0 aliphatic heterocycles. The molecule has 0 heterocycles. The van der Waals surface area contributed by atoms with Crippen LogP contribution in [0.5, 0.6) is 5.75 Å². The Hall–Kier alpha value is -2.62. The van der Waals surface area contributed by atoms with Crippen LogP contribution in [0.15, 0.2) is 48.5 Å². The molecule has 0 saturated carbocycles. The van der Waals surface area contributed by atoms with Crippen LogP contribution in [-0.4, -0.2) is 10.0 Å². The quantitative estimate of drug-likeness (QED) is 0.401. The monoisotopic (exact) mass is 239 g/mol. The minimum absolute atomic E-state index is 0.266. The molecular formula is C14H9NO3. The minimum Gasteiger partial charge on any atom is -0.502 e. The second-order valence-electron chi connectivity index (χ2n) is 4.11. The number of benzene rings is 3. The van der Waals surface area contributed by atoms with Crippen LogP contribution in [0.2, 0.25) is 0 Å². The van der Waals surface area contributed by atoms with E-state index >= 15 is 0 Å². The molecule has 0 saturated heterocycles. The Kier molecular flexibility index (Phi) is 2.16. The van der Waals surface area contributed by atoms with Gasteiger partial charge in [0, 0.05) is 6.07 Å². The molecule has 0 atom stereocenters.